The summed E-state index contributed by atoms with van der Waals surface area (Å²) in [6, 6.07) is 22.2. The Morgan fingerprint density at radius 1 is 0.884 bits per heavy atom. The topological polar surface area (TPSA) is 99.6 Å². The van der Waals surface area contributed by atoms with Gasteiger partial charge in [0.2, 0.25) is 5.91 Å². The largest absolute Gasteiger partial charge is 0.331 e. The van der Waals surface area contributed by atoms with Gasteiger partial charge in [-0.2, -0.15) is 5.10 Å². The van der Waals surface area contributed by atoms with E-state index in [1.54, 1.807) is 21.7 Å². The van der Waals surface area contributed by atoms with Crippen LogP contribution in [0.15, 0.2) is 72.8 Å². The van der Waals surface area contributed by atoms with Crippen LogP contribution in [0.1, 0.15) is 55.1 Å². The van der Waals surface area contributed by atoms with Crippen molar-refractivity contribution in [1.82, 2.24) is 14.7 Å². The summed E-state index contributed by atoms with van der Waals surface area (Å²) in [5.41, 5.74) is 6.58. The normalized spacial score (nSPS) is 13.8. The molecule has 4 aromatic rings. The van der Waals surface area contributed by atoms with Gasteiger partial charge in [-0.15, -0.1) is 0 Å². The Morgan fingerprint density at radius 3 is 2.16 bits per heavy atom. The van der Waals surface area contributed by atoms with Crippen LogP contribution in [-0.2, 0) is 16.8 Å². The Kier molecular flexibility index (Phi) is 8.08. The standard InChI is InChI=1S/C34H38N6O3/c1-22-10-16-27(17-11-22)40-29(20-28(37-40)34(4,5)6)36-32(42)35-26-14-12-25(13-15-26)21-38-19-18-30(41)39(33(38)43)31-23(2)8-7-9-24(31)3/h7-17,20H,18-19,21H2,1-6H3,(H2,35,36,42). The minimum absolute atomic E-state index is 0.192. The second-order valence-electron chi connectivity index (χ2n) is 12.1. The number of para-hydroxylation sites is 1. The van der Waals surface area contributed by atoms with Crippen LogP contribution < -0.4 is 15.5 Å². The molecular weight excluding hydrogens is 540 g/mol. The molecule has 0 unspecified atom stereocenters. The summed E-state index contributed by atoms with van der Waals surface area (Å²) in [4.78, 5) is 42.2. The third-order valence-electron chi connectivity index (χ3n) is 7.55. The first-order valence-corrected chi connectivity index (χ1v) is 14.4. The van der Waals surface area contributed by atoms with Gasteiger partial charge in [-0.25, -0.2) is 19.2 Å². The van der Waals surface area contributed by atoms with E-state index in [9.17, 15) is 14.4 Å². The van der Waals surface area contributed by atoms with E-state index in [1.807, 2.05) is 81.4 Å². The molecule has 1 fully saturated rings. The number of hydrogen-bond donors (Lipinski definition) is 2. The Morgan fingerprint density at radius 2 is 1.53 bits per heavy atom. The SMILES string of the molecule is Cc1ccc(-n2nc(C(C)(C)C)cc2NC(=O)Nc2ccc(CN3CCC(=O)N(c4c(C)cccc4C)C3=O)cc2)cc1. The highest BCUT2D eigenvalue weighted by atomic mass is 16.2. The van der Waals surface area contributed by atoms with E-state index >= 15 is 0 Å². The van der Waals surface area contributed by atoms with Crippen molar-refractivity contribution in [2.75, 3.05) is 22.1 Å². The number of aromatic nitrogens is 2. The molecule has 0 aliphatic carbocycles. The van der Waals surface area contributed by atoms with Crippen molar-refractivity contribution in [3.63, 3.8) is 0 Å². The number of amides is 5. The Bertz CT molecular complexity index is 1650. The molecule has 3 aromatic carbocycles. The number of aryl methyl sites for hydroxylation is 3. The van der Waals surface area contributed by atoms with Crippen LogP contribution in [0.4, 0.5) is 26.8 Å². The lowest BCUT2D eigenvalue weighted by Crippen LogP contribution is -2.52. The summed E-state index contributed by atoms with van der Waals surface area (Å²) in [7, 11) is 0. The Labute approximate surface area is 252 Å². The maximum absolute atomic E-state index is 13.4. The summed E-state index contributed by atoms with van der Waals surface area (Å²) in [6.07, 6.45) is 0.259. The Balaban J connectivity index is 1.27. The van der Waals surface area contributed by atoms with Crippen molar-refractivity contribution < 1.29 is 14.4 Å². The van der Waals surface area contributed by atoms with Crippen LogP contribution in [0.5, 0.6) is 0 Å². The van der Waals surface area contributed by atoms with E-state index in [4.69, 9.17) is 5.10 Å². The smallest absolute Gasteiger partial charge is 0.319 e. The molecule has 0 bridgehead atoms. The molecule has 0 spiro atoms. The lowest BCUT2D eigenvalue weighted by atomic mass is 9.92. The van der Waals surface area contributed by atoms with Gasteiger partial charge in [0.25, 0.3) is 0 Å². The molecule has 5 rings (SSSR count). The zero-order valence-corrected chi connectivity index (χ0v) is 25.6. The number of nitrogens with one attached hydrogen (secondary N) is 2. The molecular formula is C34H38N6O3. The highest BCUT2D eigenvalue weighted by molar-refractivity contribution is 6.16. The van der Waals surface area contributed by atoms with Crippen molar-refractivity contribution in [2.24, 2.45) is 0 Å². The van der Waals surface area contributed by atoms with E-state index in [0.717, 1.165) is 33.6 Å². The molecule has 9 heteroatoms. The zero-order valence-electron chi connectivity index (χ0n) is 25.6. The maximum atomic E-state index is 13.4. The predicted molar refractivity (Wildman–Crippen MR) is 170 cm³/mol. The second-order valence-corrected chi connectivity index (χ2v) is 12.1. The lowest BCUT2D eigenvalue weighted by Gasteiger charge is -2.35. The fourth-order valence-corrected chi connectivity index (χ4v) is 5.12. The van der Waals surface area contributed by atoms with E-state index in [1.165, 1.54) is 4.90 Å². The van der Waals surface area contributed by atoms with Crippen molar-refractivity contribution in [1.29, 1.82) is 0 Å². The van der Waals surface area contributed by atoms with Gasteiger partial charge < -0.3 is 10.2 Å². The molecule has 5 amide bonds. The predicted octanol–water partition coefficient (Wildman–Crippen LogP) is 7.10. The lowest BCUT2D eigenvalue weighted by molar-refractivity contribution is -0.119. The summed E-state index contributed by atoms with van der Waals surface area (Å²) in [5.74, 6) is 0.372. The third-order valence-corrected chi connectivity index (χ3v) is 7.55. The van der Waals surface area contributed by atoms with Crippen molar-refractivity contribution in [3.8, 4) is 5.69 Å². The van der Waals surface area contributed by atoms with Gasteiger partial charge in [0.15, 0.2) is 0 Å². The van der Waals surface area contributed by atoms with E-state index in [2.05, 4.69) is 31.4 Å². The number of carbonyl (C=O) groups is 3. The van der Waals surface area contributed by atoms with E-state index < -0.39 is 6.03 Å². The van der Waals surface area contributed by atoms with E-state index in [-0.39, 0.29) is 23.8 Å². The van der Waals surface area contributed by atoms with Crippen LogP contribution >= 0.6 is 0 Å². The number of hydrogen-bond acceptors (Lipinski definition) is 4. The van der Waals surface area contributed by atoms with Gasteiger partial charge in [0.1, 0.15) is 5.82 Å². The molecule has 2 N–H and O–H groups in total. The molecule has 43 heavy (non-hydrogen) atoms. The Hall–Kier alpha value is -4.92. The van der Waals surface area contributed by atoms with Gasteiger partial charge >= 0.3 is 12.1 Å². The minimum Gasteiger partial charge on any atom is -0.319 e. The first-order chi connectivity index (χ1) is 20.4. The third kappa shape index (κ3) is 6.45. The molecule has 0 saturated carbocycles. The average molecular weight is 579 g/mol. The first kappa shape index (κ1) is 29.6. The van der Waals surface area contributed by atoms with Crippen molar-refractivity contribution in [2.45, 2.75) is 59.9 Å². The molecule has 1 aliphatic rings. The highest BCUT2D eigenvalue weighted by Crippen LogP contribution is 2.30. The number of imide groups is 1. The van der Waals surface area contributed by atoms with Crippen LogP contribution in [0.2, 0.25) is 0 Å². The number of benzene rings is 3. The van der Waals surface area contributed by atoms with Gasteiger partial charge in [-0.3, -0.25) is 10.1 Å². The number of urea groups is 2. The fourth-order valence-electron chi connectivity index (χ4n) is 5.12. The summed E-state index contributed by atoms with van der Waals surface area (Å²) < 4.78 is 1.74. The monoisotopic (exact) mass is 578 g/mol. The second kappa shape index (κ2) is 11.8. The van der Waals surface area contributed by atoms with Crippen molar-refractivity contribution in [3.05, 3.63) is 101 Å². The quantitative estimate of drug-likeness (QED) is 0.255. The molecule has 1 saturated heterocycles. The first-order valence-electron chi connectivity index (χ1n) is 14.4. The summed E-state index contributed by atoms with van der Waals surface area (Å²) >= 11 is 0. The molecule has 1 aliphatic heterocycles. The van der Waals surface area contributed by atoms with Crippen LogP contribution in [0, 0.1) is 20.8 Å². The summed E-state index contributed by atoms with van der Waals surface area (Å²) in [6.45, 7) is 12.8. The van der Waals surface area contributed by atoms with Crippen LogP contribution in [0.25, 0.3) is 5.69 Å². The number of carbonyl (C=O) groups excluding carboxylic acids is 3. The van der Waals surface area contributed by atoms with Gasteiger partial charge in [0.05, 0.1) is 17.1 Å². The van der Waals surface area contributed by atoms with E-state index in [0.29, 0.717) is 30.3 Å². The fraction of sp³-hybridized carbons (Fsp3) is 0.294. The minimum atomic E-state index is -0.393. The molecule has 1 aromatic heterocycles. The number of rotatable bonds is 6. The van der Waals surface area contributed by atoms with Gasteiger partial charge in [0, 0.05) is 36.7 Å². The average Bonchev–Trinajstić information content (AvgIpc) is 3.37. The van der Waals surface area contributed by atoms with Crippen molar-refractivity contribution >= 4 is 35.2 Å². The number of nitrogens with zero attached hydrogens (tertiary/aromatic N) is 4. The zero-order chi connectivity index (χ0) is 30.9. The molecule has 2 heterocycles. The number of anilines is 3. The van der Waals surface area contributed by atoms with Crippen LogP contribution in [-0.4, -0.2) is 39.2 Å². The maximum Gasteiger partial charge on any atom is 0.331 e. The highest BCUT2D eigenvalue weighted by Gasteiger charge is 2.34. The molecule has 0 radical (unpaired) electrons. The molecule has 0 atom stereocenters. The summed E-state index contributed by atoms with van der Waals surface area (Å²) in [5, 5.41) is 10.6. The molecule has 222 valence electrons. The van der Waals surface area contributed by atoms with Crippen LogP contribution in [0.3, 0.4) is 0 Å². The van der Waals surface area contributed by atoms with Gasteiger partial charge in [-0.1, -0.05) is 68.8 Å². The van der Waals surface area contributed by atoms with Gasteiger partial charge in [-0.05, 0) is 61.7 Å². The molecule has 9 nitrogen and oxygen atoms in total.